The topological polar surface area (TPSA) is 38.3 Å². The third-order valence-corrected chi connectivity index (χ3v) is 1.31. The molecule has 0 radical (unpaired) electrons. The lowest BCUT2D eigenvalue weighted by Crippen LogP contribution is -2.18. The fraction of sp³-hybridized carbons (Fsp3) is 0.667. The van der Waals surface area contributed by atoms with Gasteiger partial charge in [-0.15, -0.1) is 0 Å². The molecule has 1 N–H and O–H groups in total. The molecule has 1 amide bonds. The molecule has 1 aliphatic heterocycles. The van der Waals surface area contributed by atoms with Crippen molar-refractivity contribution in [1.82, 2.24) is 5.32 Å². The second kappa shape index (κ2) is 1.85. The van der Waals surface area contributed by atoms with Crippen molar-refractivity contribution in [3.63, 3.8) is 0 Å². The fourth-order valence-corrected chi connectivity index (χ4v) is 0.794. The maximum absolute atomic E-state index is 10.1. The van der Waals surface area contributed by atoms with Crippen molar-refractivity contribution in [2.45, 2.75) is 4.05 Å². The minimum absolute atomic E-state index is 0.171. The van der Waals surface area contributed by atoms with Gasteiger partial charge in [0.05, 0.1) is 0 Å². The van der Waals surface area contributed by atoms with Crippen LogP contribution in [0.3, 0.4) is 0 Å². The van der Waals surface area contributed by atoms with Gasteiger partial charge in [-0.2, -0.15) is 0 Å². The summed E-state index contributed by atoms with van der Waals surface area (Å²) in [6.45, 7) is 0.499. The minimum atomic E-state index is -0.306. The molecule has 0 saturated carbocycles. The van der Waals surface area contributed by atoms with Crippen LogP contribution < -0.4 is 5.32 Å². The molecular weight excluding hydrogens is 209 g/mol. The van der Waals surface area contributed by atoms with Gasteiger partial charge in [0, 0.05) is 0 Å². The lowest BCUT2D eigenvalue weighted by atomic mass is 10.7. The zero-order chi connectivity index (χ0) is 5.28. The van der Waals surface area contributed by atoms with Crippen LogP contribution in [0, 0.1) is 0 Å². The molecule has 1 aliphatic rings. The smallest absolute Gasteiger partial charge is 0.408 e. The fourth-order valence-electron chi connectivity index (χ4n) is 0.360. The van der Waals surface area contributed by atoms with Gasteiger partial charge in [0.1, 0.15) is 10.7 Å². The Kier molecular flexibility index (Phi) is 1.36. The van der Waals surface area contributed by atoms with E-state index in [-0.39, 0.29) is 10.1 Å². The van der Waals surface area contributed by atoms with Gasteiger partial charge in [0.2, 0.25) is 0 Å². The molecular formula is C3H4INO2. The van der Waals surface area contributed by atoms with Gasteiger partial charge >= 0.3 is 6.09 Å². The van der Waals surface area contributed by atoms with E-state index >= 15 is 0 Å². The molecule has 0 bridgehead atoms. The van der Waals surface area contributed by atoms with Gasteiger partial charge in [0.25, 0.3) is 0 Å². The summed E-state index contributed by atoms with van der Waals surface area (Å²) in [4.78, 5) is 10.1. The van der Waals surface area contributed by atoms with Crippen molar-refractivity contribution >= 4 is 28.7 Å². The number of carbonyl (C=O) groups is 1. The Morgan fingerprint density at radius 1 is 2.00 bits per heavy atom. The molecule has 0 spiro atoms. The maximum atomic E-state index is 10.1. The predicted molar refractivity (Wildman–Crippen MR) is 32.3 cm³/mol. The van der Waals surface area contributed by atoms with E-state index in [0.717, 1.165) is 0 Å². The average molecular weight is 213 g/mol. The molecule has 0 aliphatic carbocycles. The van der Waals surface area contributed by atoms with Crippen molar-refractivity contribution in [3.8, 4) is 0 Å². The number of nitrogens with one attached hydrogen (secondary N) is 1. The zero-order valence-electron chi connectivity index (χ0n) is 3.48. The molecule has 1 atom stereocenters. The molecule has 0 aromatic rings. The Balaban J connectivity index is 2.40. The van der Waals surface area contributed by atoms with E-state index in [1.54, 1.807) is 0 Å². The van der Waals surface area contributed by atoms with Crippen LogP contribution in [0.5, 0.6) is 0 Å². The van der Waals surface area contributed by atoms with Crippen LogP contribution in [0.25, 0.3) is 0 Å². The summed E-state index contributed by atoms with van der Waals surface area (Å²) >= 11 is 2.09. The summed E-state index contributed by atoms with van der Waals surface area (Å²) < 4.78 is 4.68. The number of hydrogen-bond acceptors (Lipinski definition) is 2. The zero-order valence-corrected chi connectivity index (χ0v) is 5.64. The summed E-state index contributed by atoms with van der Waals surface area (Å²) in [6, 6.07) is 0. The maximum Gasteiger partial charge on any atom is 0.408 e. The van der Waals surface area contributed by atoms with Gasteiger partial charge in [-0.1, -0.05) is 22.6 Å². The Morgan fingerprint density at radius 2 is 2.71 bits per heavy atom. The Bertz CT molecular complexity index is 94.9. The van der Waals surface area contributed by atoms with Crippen molar-refractivity contribution in [2.75, 3.05) is 6.61 Å². The minimum Gasteiger partial charge on any atom is -0.446 e. The molecule has 1 fully saturated rings. The van der Waals surface area contributed by atoms with E-state index in [1.807, 2.05) is 0 Å². The molecule has 0 unspecified atom stereocenters. The first-order chi connectivity index (χ1) is 3.29. The molecule has 1 saturated heterocycles. The highest BCUT2D eigenvalue weighted by Crippen LogP contribution is 2.03. The number of rotatable bonds is 0. The quantitative estimate of drug-likeness (QED) is 0.361. The summed E-state index contributed by atoms with van der Waals surface area (Å²) in [7, 11) is 0. The second-order valence-electron chi connectivity index (χ2n) is 1.21. The first-order valence-corrected chi connectivity index (χ1v) is 3.11. The number of amides is 1. The number of ether oxygens (including phenoxy) is 1. The van der Waals surface area contributed by atoms with Gasteiger partial charge in [0.15, 0.2) is 0 Å². The summed E-state index contributed by atoms with van der Waals surface area (Å²) in [5.74, 6) is 0. The largest absolute Gasteiger partial charge is 0.446 e. The van der Waals surface area contributed by atoms with E-state index in [9.17, 15) is 4.79 Å². The summed E-state index contributed by atoms with van der Waals surface area (Å²) in [5, 5.41) is 2.54. The average Bonchev–Trinajstić information content (AvgIpc) is 1.87. The number of hydrogen-bond donors (Lipinski definition) is 1. The number of carbonyl (C=O) groups excluding carboxylic acids is 1. The van der Waals surface area contributed by atoms with Crippen molar-refractivity contribution in [2.24, 2.45) is 0 Å². The predicted octanol–water partition coefficient (Wildman–Crippen LogP) is 0.487. The van der Waals surface area contributed by atoms with Gasteiger partial charge in [-0.3, -0.25) is 0 Å². The first-order valence-electron chi connectivity index (χ1n) is 1.86. The van der Waals surface area contributed by atoms with Crippen LogP contribution in [0.2, 0.25) is 0 Å². The highest BCUT2D eigenvalue weighted by Gasteiger charge is 2.17. The monoisotopic (exact) mass is 213 g/mol. The highest BCUT2D eigenvalue weighted by molar-refractivity contribution is 14.1. The SMILES string of the molecule is O=C1N[C@@H](I)CO1. The molecule has 1 heterocycles. The van der Waals surface area contributed by atoms with Crippen LogP contribution in [-0.2, 0) is 4.74 Å². The highest BCUT2D eigenvalue weighted by atomic mass is 127. The lowest BCUT2D eigenvalue weighted by molar-refractivity contribution is 0.178. The molecule has 0 aromatic carbocycles. The van der Waals surface area contributed by atoms with Crippen molar-refractivity contribution in [1.29, 1.82) is 0 Å². The summed E-state index contributed by atoms with van der Waals surface area (Å²) in [5.41, 5.74) is 0. The van der Waals surface area contributed by atoms with Gasteiger partial charge in [-0.25, -0.2) is 4.79 Å². The van der Waals surface area contributed by atoms with E-state index in [2.05, 4.69) is 32.6 Å². The van der Waals surface area contributed by atoms with Gasteiger partial charge < -0.3 is 10.1 Å². The molecule has 3 nitrogen and oxygen atoms in total. The van der Waals surface area contributed by atoms with Crippen molar-refractivity contribution < 1.29 is 9.53 Å². The third-order valence-electron chi connectivity index (χ3n) is 0.635. The molecule has 0 aromatic heterocycles. The standard InChI is InChI=1S/C3H4INO2/c4-2-1-7-3(6)5-2/h2H,1H2,(H,5,6)/t2-/m1/s1. The normalized spacial score (nSPS) is 29.3. The Labute approximate surface area is 54.6 Å². The summed E-state index contributed by atoms with van der Waals surface area (Å²) in [6.07, 6.45) is -0.306. The first kappa shape index (κ1) is 5.14. The lowest BCUT2D eigenvalue weighted by Gasteiger charge is -1.87. The number of alkyl carbamates (subject to hydrolysis) is 1. The van der Waals surface area contributed by atoms with Crippen LogP contribution in [0.15, 0.2) is 0 Å². The van der Waals surface area contributed by atoms with Crippen LogP contribution >= 0.6 is 22.6 Å². The van der Waals surface area contributed by atoms with E-state index in [0.29, 0.717) is 6.61 Å². The molecule has 7 heavy (non-hydrogen) atoms. The number of cyclic esters (lactones) is 1. The number of halogens is 1. The molecule has 4 heteroatoms. The Hall–Kier alpha value is -0.0000000000000000555. The molecule has 1 rings (SSSR count). The van der Waals surface area contributed by atoms with Crippen molar-refractivity contribution in [3.05, 3.63) is 0 Å². The van der Waals surface area contributed by atoms with Crippen LogP contribution in [0.4, 0.5) is 4.79 Å². The third kappa shape index (κ3) is 1.19. The van der Waals surface area contributed by atoms with E-state index in [1.165, 1.54) is 0 Å². The number of alkyl halides is 1. The van der Waals surface area contributed by atoms with E-state index in [4.69, 9.17) is 0 Å². The van der Waals surface area contributed by atoms with Crippen LogP contribution in [0.1, 0.15) is 0 Å². The Morgan fingerprint density at radius 3 is 2.86 bits per heavy atom. The second-order valence-corrected chi connectivity index (χ2v) is 2.71. The van der Waals surface area contributed by atoms with Gasteiger partial charge in [-0.05, 0) is 0 Å². The molecule has 40 valence electrons. The van der Waals surface area contributed by atoms with E-state index < -0.39 is 0 Å². The van der Waals surface area contributed by atoms with Crippen LogP contribution in [-0.4, -0.2) is 16.7 Å².